The first-order valence-electron chi connectivity index (χ1n) is 8.00. The maximum absolute atomic E-state index is 12.4. The highest BCUT2D eigenvalue weighted by Gasteiger charge is 2.30. The van der Waals surface area contributed by atoms with E-state index in [0.29, 0.717) is 23.5 Å². The second kappa shape index (κ2) is 6.35. The van der Waals surface area contributed by atoms with Gasteiger partial charge in [0.1, 0.15) is 5.75 Å². The number of ether oxygens (including phenoxy) is 1. The summed E-state index contributed by atoms with van der Waals surface area (Å²) in [5.41, 5.74) is 2.92. The van der Waals surface area contributed by atoms with Crippen molar-refractivity contribution in [2.45, 2.75) is 26.9 Å². The van der Waals surface area contributed by atoms with Crippen molar-refractivity contribution in [3.63, 3.8) is 0 Å². The SMILES string of the molecule is CCN1C(=O)C(C)Oc2cc(NC(=O)c3ccccc3C)ccc21. The number of hydrogen-bond acceptors (Lipinski definition) is 3. The standard InChI is InChI=1S/C19H20N2O3/c1-4-21-16-10-9-14(11-17(16)24-13(3)19(21)23)20-18(22)15-8-6-5-7-12(15)2/h5-11,13H,4H2,1-3H3,(H,20,22). The fourth-order valence-electron chi connectivity index (χ4n) is 2.84. The smallest absolute Gasteiger partial charge is 0.267 e. The summed E-state index contributed by atoms with van der Waals surface area (Å²) in [6.07, 6.45) is -0.528. The molecule has 5 nitrogen and oxygen atoms in total. The van der Waals surface area contributed by atoms with Crippen LogP contribution in [-0.4, -0.2) is 24.5 Å². The third-order valence-electron chi connectivity index (χ3n) is 4.13. The molecule has 1 atom stereocenters. The van der Waals surface area contributed by atoms with Crippen molar-refractivity contribution in [2.75, 3.05) is 16.8 Å². The molecule has 1 heterocycles. The molecule has 0 bridgehead atoms. The number of fused-ring (bicyclic) bond motifs is 1. The van der Waals surface area contributed by atoms with Crippen LogP contribution in [0.5, 0.6) is 5.75 Å². The van der Waals surface area contributed by atoms with E-state index in [-0.39, 0.29) is 11.8 Å². The predicted molar refractivity (Wildman–Crippen MR) is 93.7 cm³/mol. The summed E-state index contributed by atoms with van der Waals surface area (Å²) in [4.78, 5) is 26.2. The average Bonchev–Trinajstić information content (AvgIpc) is 2.56. The van der Waals surface area contributed by atoms with E-state index < -0.39 is 6.10 Å². The maximum atomic E-state index is 12.4. The van der Waals surface area contributed by atoms with Gasteiger partial charge in [-0.3, -0.25) is 9.59 Å². The Morgan fingerprint density at radius 1 is 1.25 bits per heavy atom. The highest BCUT2D eigenvalue weighted by atomic mass is 16.5. The first-order valence-corrected chi connectivity index (χ1v) is 8.00. The van der Waals surface area contributed by atoms with Crippen LogP contribution in [0.15, 0.2) is 42.5 Å². The molecular weight excluding hydrogens is 304 g/mol. The lowest BCUT2D eigenvalue weighted by Crippen LogP contribution is -2.44. The molecule has 0 aromatic heterocycles. The van der Waals surface area contributed by atoms with Gasteiger partial charge in [-0.25, -0.2) is 0 Å². The molecular formula is C19H20N2O3. The molecule has 1 N–H and O–H groups in total. The number of aryl methyl sites for hydroxylation is 1. The van der Waals surface area contributed by atoms with E-state index in [1.54, 1.807) is 36.1 Å². The van der Waals surface area contributed by atoms with Gasteiger partial charge in [0.25, 0.3) is 11.8 Å². The van der Waals surface area contributed by atoms with Crippen LogP contribution in [0, 0.1) is 6.92 Å². The molecule has 0 saturated carbocycles. The van der Waals surface area contributed by atoms with Crippen LogP contribution in [0.25, 0.3) is 0 Å². The highest BCUT2D eigenvalue weighted by Crippen LogP contribution is 2.36. The molecule has 124 valence electrons. The molecule has 3 rings (SSSR count). The van der Waals surface area contributed by atoms with Gasteiger partial charge in [0, 0.05) is 23.9 Å². The largest absolute Gasteiger partial charge is 0.479 e. The summed E-state index contributed by atoms with van der Waals surface area (Å²) in [7, 11) is 0. The summed E-state index contributed by atoms with van der Waals surface area (Å²) in [6.45, 7) is 6.13. The molecule has 1 aliphatic heterocycles. The van der Waals surface area contributed by atoms with Gasteiger partial charge in [-0.15, -0.1) is 0 Å². The lowest BCUT2D eigenvalue weighted by Gasteiger charge is -2.32. The second-order valence-electron chi connectivity index (χ2n) is 5.79. The minimum Gasteiger partial charge on any atom is -0.479 e. The minimum atomic E-state index is -0.528. The molecule has 0 fully saturated rings. The van der Waals surface area contributed by atoms with Crippen molar-refractivity contribution in [3.8, 4) is 5.75 Å². The fourth-order valence-corrected chi connectivity index (χ4v) is 2.84. The van der Waals surface area contributed by atoms with Crippen LogP contribution in [0.3, 0.4) is 0 Å². The number of nitrogens with zero attached hydrogens (tertiary/aromatic N) is 1. The van der Waals surface area contributed by atoms with Crippen molar-refractivity contribution in [3.05, 3.63) is 53.6 Å². The quantitative estimate of drug-likeness (QED) is 0.941. The molecule has 0 spiro atoms. The zero-order valence-corrected chi connectivity index (χ0v) is 14.0. The highest BCUT2D eigenvalue weighted by molar-refractivity contribution is 6.06. The number of rotatable bonds is 3. The number of hydrogen-bond donors (Lipinski definition) is 1. The van der Waals surface area contributed by atoms with Gasteiger partial charge in [0.15, 0.2) is 6.10 Å². The van der Waals surface area contributed by atoms with E-state index >= 15 is 0 Å². The van der Waals surface area contributed by atoms with Crippen LogP contribution >= 0.6 is 0 Å². The van der Waals surface area contributed by atoms with Gasteiger partial charge < -0.3 is 15.0 Å². The van der Waals surface area contributed by atoms with E-state index in [0.717, 1.165) is 11.3 Å². The van der Waals surface area contributed by atoms with Crippen molar-refractivity contribution >= 4 is 23.2 Å². The van der Waals surface area contributed by atoms with Crippen LogP contribution in [0.1, 0.15) is 29.8 Å². The Morgan fingerprint density at radius 2 is 2.00 bits per heavy atom. The van der Waals surface area contributed by atoms with Crippen molar-refractivity contribution < 1.29 is 14.3 Å². The lowest BCUT2D eigenvalue weighted by molar-refractivity contribution is -0.125. The van der Waals surface area contributed by atoms with Gasteiger partial charge >= 0.3 is 0 Å². The summed E-state index contributed by atoms with van der Waals surface area (Å²) < 4.78 is 5.69. The molecule has 1 unspecified atom stereocenters. The number of carbonyl (C=O) groups is 2. The van der Waals surface area contributed by atoms with Crippen molar-refractivity contribution in [2.24, 2.45) is 0 Å². The van der Waals surface area contributed by atoms with Gasteiger partial charge in [0.05, 0.1) is 5.69 Å². The zero-order valence-electron chi connectivity index (χ0n) is 14.0. The Morgan fingerprint density at radius 3 is 2.71 bits per heavy atom. The predicted octanol–water partition coefficient (Wildman–Crippen LogP) is 3.38. The van der Waals surface area contributed by atoms with Crippen molar-refractivity contribution in [1.29, 1.82) is 0 Å². The molecule has 0 saturated heterocycles. The summed E-state index contributed by atoms with van der Waals surface area (Å²) in [5.74, 6) is 0.383. The van der Waals surface area contributed by atoms with Crippen LogP contribution in [0.2, 0.25) is 0 Å². The third kappa shape index (κ3) is 2.85. The van der Waals surface area contributed by atoms with Crippen LogP contribution in [0.4, 0.5) is 11.4 Å². The molecule has 2 amide bonds. The number of amides is 2. The minimum absolute atomic E-state index is 0.0540. The van der Waals surface area contributed by atoms with Gasteiger partial charge in [-0.05, 0) is 44.5 Å². The van der Waals surface area contributed by atoms with E-state index in [9.17, 15) is 9.59 Å². The molecule has 0 aliphatic carbocycles. The van der Waals surface area contributed by atoms with E-state index in [4.69, 9.17) is 4.74 Å². The number of carbonyl (C=O) groups excluding carboxylic acids is 2. The number of benzene rings is 2. The van der Waals surface area contributed by atoms with Gasteiger partial charge in [0.2, 0.25) is 0 Å². The summed E-state index contributed by atoms with van der Waals surface area (Å²) >= 11 is 0. The first-order chi connectivity index (χ1) is 11.5. The molecule has 24 heavy (non-hydrogen) atoms. The zero-order chi connectivity index (χ0) is 17.3. The van der Waals surface area contributed by atoms with E-state index in [2.05, 4.69) is 5.32 Å². The number of likely N-dealkylation sites (N-methyl/N-ethyl adjacent to an activating group) is 1. The topological polar surface area (TPSA) is 58.6 Å². The molecule has 5 heteroatoms. The molecule has 2 aromatic carbocycles. The summed E-state index contributed by atoms with van der Waals surface area (Å²) in [5, 5.41) is 2.89. The number of nitrogens with one attached hydrogen (secondary N) is 1. The molecule has 2 aromatic rings. The Labute approximate surface area is 141 Å². The second-order valence-corrected chi connectivity index (χ2v) is 5.79. The lowest BCUT2D eigenvalue weighted by atomic mass is 10.1. The Kier molecular flexibility index (Phi) is 4.25. The van der Waals surface area contributed by atoms with Gasteiger partial charge in [-0.1, -0.05) is 18.2 Å². The third-order valence-corrected chi connectivity index (χ3v) is 4.13. The monoisotopic (exact) mass is 324 g/mol. The van der Waals surface area contributed by atoms with Crippen LogP contribution in [-0.2, 0) is 4.79 Å². The van der Waals surface area contributed by atoms with Gasteiger partial charge in [-0.2, -0.15) is 0 Å². The van der Waals surface area contributed by atoms with Crippen LogP contribution < -0.4 is 15.0 Å². The molecule has 1 aliphatic rings. The first kappa shape index (κ1) is 16.1. The maximum Gasteiger partial charge on any atom is 0.267 e. The Hall–Kier alpha value is -2.82. The average molecular weight is 324 g/mol. The van der Waals surface area contributed by atoms with Crippen molar-refractivity contribution in [1.82, 2.24) is 0 Å². The Bertz CT molecular complexity index is 801. The fraction of sp³-hybridized carbons (Fsp3) is 0.263. The summed E-state index contributed by atoms with van der Waals surface area (Å²) in [6, 6.07) is 12.8. The van der Waals surface area contributed by atoms with E-state index in [1.165, 1.54) is 0 Å². The Balaban J connectivity index is 1.87. The molecule has 0 radical (unpaired) electrons. The number of anilines is 2. The van der Waals surface area contributed by atoms with E-state index in [1.807, 2.05) is 32.0 Å². The normalized spacial score (nSPS) is 16.4.